The minimum Gasteiger partial charge on any atom is -0.469 e. The number of nitrogens with zero attached hydrogens (tertiary/aromatic N) is 1. The molecular weight excluding hydrogens is 268 g/mol. The predicted octanol–water partition coefficient (Wildman–Crippen LogP) is 4.79. The van der Waals surface area contributed by atoms with E-state index in [9.17, 15) is 0 Å². The van der Waals surface area contributed by atoms with Gasteiger partial charge >= 0.3 is 0 Å². The van der Waals surface area contributed by atoms with Crippen molar-refractivity contribution in [1.82, 2.24) is 9.55 Å². The first-order valence-corrected chi connectivity index (χ1v) is 7.29. The highest BCUT2D eigenvalue weighted by molar-refractivity contribution is 7.71. The highest BCUT2D eigenvalue weighted by atomic mass is 32.1. The van der Waals surface area contributed by atoms with Gasteiger partial charge in [0, 0.05) is 12.5 Å². The van der Waals surface area contributed by atoms with Gasteiger partial charge in [-0.05, 0) is 62.3 Å². The predicted molar refractivity (Wildman–Crippen MR) is 83.6 cm³/mol. The summed E-state index contributed by atoms with van der Waals surface area (Å²) in [6.07, 6.45) is 3.65. The van der Waals surface area contributed by atoms with E-state index < -0.39 is 0 Å². The molecule has 0 aliphatic rings. The van der Waals surface area contributed by atoms with E-state index in [1.54, 1.807) is 6.26 Å². The van der Waals surface area contributed by atoms with Crippen LogP contribution >= 0.6 is 12.2 Å². The van der Waals surface area contributed by atoms with Gasteiger partial charge in [0.2, 0.25) is 0 Å². The number of aryl methyl sites for hydroxylation is 2. The van der Waals surface area contributed by atoms with Gasteiger partial charge in [-0.3, -0.25) is 0 Å². The molecule has 3 aromatic rings. The molecule has 1 unspecified atom stereocenters. The second kappa shape index (κ2) is 5.29. The van der Waals surface area contributed by atoms with Gasteiger partial charge in [-0.25, -0.2) is 0 Å². The summed E-state index contributed by atoms with van der Waals surface area (Å²) in [6.45, 7) is 4.29. The molecule has 0 fully saturated rings. The third kappa shape index (κ3) is 2.43. The minimum absolute atomic E-state index is 0.337. The van der Waals surface area contributed by atoms with Crippen molar-refractivity contribution in [2.75, 3.05) is 0 Å². The van der Waals surface area contributed by atoms with Gasteiger partial charge < -0.3 is 14.0 Å². The molecular formula is C16H18N2OS. The zero-order chi connectivity index (χ0) is 14.1. The lowest BCUT2D eigenvalue weighted by Crippen LogP contribution is -2.06. The van der Waals surface area contributed by atoms with Crippen LogP contribution in [-0.2, 0) is 6.42 Å². The number of aromatic nitrogens is 2. The van der Waals surface area contributed by atoms with Crippen molar-refractivity contribution in [2.24, 2.45) is 0 Å². The van der Waals surface area contributed by atoms with Crippen molar-refractivity contribution in [2.45, 2.75) is 32.7 Å². The Bertz CT molecular complexity index is 767. The Morgan fingerprint density at radius 1 is 1.35 bits per heavy atom. The maximum Gasteiger partial charge on any atom is 0.178 e. The van der Waals surface area contributed by atoms with Gasteiger partial charge in [0.25, 0.3) is 0 Å². The van der Waals surface area contributed by atoms with E-state index in [1.807, 2.05) is 12.1 Å². The Kier molecular flexibility index (Phi) is 3.49. The van der Waals surface area contributed by atoms with Gasteiger partial charge in [-0.1, -0.05) is 6.07 Å². The van der Waals surface area contributed by atoms with Crippen molar-refractivity contribution in [3.8, 4) is 0 Å². The Morgan fingerprint density at radius 3 is 2.95 bits per heavy atom. The molecule has 0 aliphatic heterocycles. The van der Waals surface area contributed by atoms with Crippen LogP contribution in [0.1, 0.15) is 30.7 Å². The molecule has 1 aromatic carbocycles. The Hall–Kier alpha value is -1.81. The molecule has 0 saturated carbocycles. The smallest absolute Gasteiger partial charge is 0.178 e. The summed E-state index contributed by atoms with van der Waals surface area (Å²) in [4.78, 5) is 3.30. The third-order valence-electron chi connectivity index (χ3n) is 3.70. The van der Waals surface area contributed by atoms with Crippen LogP contribution in [0.2, 0.25) is 0 Å². The zero-order valence-electron chi connectivity index (χ0n) is 11.7. The molecule has 0 aliphatic carbocycles. The first-order chi connectivity index (χ1) is 9.65. The van der Waals surface area contributed by atoms with Crippen LogP contribution in [0, 0.1) is 11.7 Å². The molecule has 0 spiro atoms. The number of hydrogen-bond donors (Lipinski definition) is 1. The second-order valence-corrected chi connectivity index (χ2v) is 5.67. The lowest BCUT2D eigenvalue weighted by atomic mass is 10.1. The maximum atomic E-state index is 5.47. The first kappa shape index (κ1) is 13.2. The maximum absolute atomic E-state index is 5.47. The molecule has 1 atom stereocenters. The van der Waals surface area contributed by atoms with Gasteiger partial charge in [0.1, 0.15) is 5.76 Å². The molecule has 3 nitrogen and oxygen atoms in total. The number of H-pyrrole nitrogens is 1. The fourth-order valence-electron chi connectivity index (χ4n) is 2.62. The van der Waals surface area contributed by atoms with Crippen molar-refractivity contribution in [3.05, 3.63) is 52.7 Å². The van der Waals surface area contributed by atoms with Crippen molar-refractivity contribution in [3.63, 3.8) is 0 Å². The van der Waals surface area contributed by atoms with Gasteiger partial charge in [0.15, 0.2) is 4.77 Å². The van der Waals surface area contributed by atoms with E-state index in [0.717, 1.165) is 28.9 Å². The van der Waals surface area contributed by atoms with Crippen LogP contribution in [0.25, 0.3) is 11.0 Å². The molecule has 0 bridgehead atoms. The van der Waals surface area contributed by atoms with E-state index in [2.05, 4.69) is 41.6 Å². The summed E-state index contributed by atoms with van der Waals surface area (Å²) in [5.41, 5.74) is 3.52. The fourth-order valence-corrected chi connectivity index (χ4v) is 3.01. The average molecular weight is 286 g/mol. The summed E-state index contributed by atoms with van der Waals surface area (Å²) >= 11 is 5.47. The van der Waals surface area contributed by atoms with E-state index in [1.165, 1.54) is 11.1 Å². The number of aromatic amines is 1. The highest BCUT2D eigenvalue weighted by Crippen LogP contribution is 2.23. The van der Waals surface area contributed by atoms with Crippen LogP contribution < -0.4 is 0 Å². The number of rotatable bonds is 4. The normalized spacial score (nSPS) is 12.9. The molecule has 4 heteroatoms. The Morgan fingerprint density at radius 2 is 2.20 bits per heavy atom. The average Bonchev–Trinajstić information content (AvgIpc) is 3.02. The van der Waals surface area contributed by atoms with Crippen LogP contribution in [0.5, 0.6) is 0 Å². The van der Waals surface area contributed by atoms with Crippen LogP contribution in [0.3, 0.4) is 0 Å². The summed E-state index contributed by atoms with van der Waals surface area (Å²) < 4.78 is 8.38. The largest absolute Gasteiger partial charge is 0.469 e. The number of imidazole rings is 1. The molecule has 2 heterocycles. The lowest BCUT2D eigenvalue weighted by Gasteiger charge is -2.14. The summed E-state index contributed by atoms with van der Waals surface area (Å²) in [5.74, 6) is 1.03. The van der Waals surface area contributed by atoms with E-state index in [4.69, 9.17) is 16.6 Å². The third-order valence-corrected chi connectivity index (χ3v) is 4.00. The fraction of sp³-hybridized carbons (Fsp3) is 0.312. The first-order valence-electron chi connectivity index (χ1n) is 6.88. The van der Waals surface area contributed by atoms with Gasteiger partial charge in [0.05, 0.1) is 17.3 Å². The SMILES string of the molecule is Cc1ccc2c(c1)[nH]c(=S)n2C(C)CCc1ccco1. The number of hydrogen-bond acceptors (Lipinski definition) is 2. The van der Waals surface area contributed by atoms with Crippen LogP contribution in [-0.4, -0.2) is 9.55 Å². The zero-order valence-corrected chi connectivity index (χ0v) is 12.5. The standard InChI is InChI=1S/C16H18N2OS/c1-11-5-8-15-14(10-11)17-16(20)18(15)12(2)6-7-13-4-3-9-19-13/h3-5,8-10,12H,6-7H2,1-2H3,(H,17,20). The quantitative estimate of drug-likeness (QED) is 0.699. The van der Waals surface area contributed by atoms with E-state index >= 15 is 0 Å². The van der Waals surface area contributed by atoms with Crippen molar-refractivity contribution in [1.29, 1.82) is 0 Å². The molecule has 0 saturated heterocycles. The molecule has 0 amide bonds. The molecule has 1 N–H and O–H groups in total. The number of nitrogens with one attached hydrogen (secondary N) is 1. The van der Waals surface area contributed by atoms with Gasteiger partial charge in [-0.2, -0.15) is 0 Å². The Balaban J connectivity index is 1.89. The van der Waals surface area contributed by atoms with Crippen LogP contribution in [0.4, 0.5) is 0 Å². The Labute approximate surface area is 123 Å². The highest BCUT2D eigenvalue weighted by Gasteiger charge is 2.12. The van der Waals surface area contributed by atoms with E-state index in [-0.39, 0.29) is 0 Å². The molecule has 20 heavy (non-hydrogen) atoms. The summed E-state index contributed by atoms with van der Waals surface area (Å²) in [6, 6.07) is 10.7. The molecule has 3 rings (SSSR count). The number of furan rings is 1. The summed E-state index contributed by atoms with van der Waals surface area (Å²) in [7, 11) is 0. The second-order valence-electron chi connectivity index (χ2n) is 5.29. The van der Waals surface area contributed by atoms with Crippen molar-refractivity contribution >= 4 is 23.3 Å². The van der Waals surface area contributed by atoms with Gasteiger partial charge in [-0.15, -0.1) is 0 Å². The van der Waals surface area contributed by atoms with E-state index in [0.29, 0.717) is 6.04 Å². The molecule has 104 valence electrons. The van der Waals surface area contributed by atoms with Crippen LogP contribution in [0.15, 0.2) is 41.0 Å². The molecule has 2 aromatic heterocycles. The van der Waals surface area contributed by atoms with Crippen molar-refractivity contribution < 1.29 is 4.42 Å². The lowest BCUT2D eigenvalue weighted by molar-refractivity contribution is 0.455. The topological polar surface area (TPSA) is 33.9 Å². The number of fused-ring (bicyclic) bond motifs is 1. The minimum atomic E-state index is 0.337. The number of benzene rings is 1. The monoisotopic (exact) mass is 286 g/mol. The summed E-state index contributed by atoms with van der Waals surface area (Å²) in [5, 5.41) is 0. The molecule has 0 radical (unpaired) electrons.